The van der Waals surface area contributed by atoms with Crippen LogP contribution in [-0.2, 0) is 10.0 Å². The molecule has 21 heavy (non-hydrogen) atoms. The second kappa shape index (κ2) is 4.92. The SMILES string of the molecule is CN(C1CC1)S(=O)(=O)CCN1C(=O)c2ccccc2C1=O. The molecule has 0 spiro atoms. The van der Waals surface area contributed by atoms with Gasteiger partial charge in [-0.15, -0.1) is 0 Å². The lowest BCUT2D eigenvalue weighted by atomic mass is 10.1. The molecule has 0 saturated heterocycles. The number of benzene rings is 1. The molecule has 0 unspecified atom stereocenters. The summed E-state index contributed by atoms with van der Waals surface area (Å²) in [5.74, 6) is -1.06. The first-order valence-corrected chi connectivity index (χ1v) is 8.43. The summed E-state index contributed by atoms with van der Waals surface area (Å²) in [5, 5.41) is 0. The van der Waals surface area contributed by atoms with E-state index in [4.69, 9.17) is 0 Å². The van der Waals surface area contributed by atoms with Gasteiger partial charge in [0.15, 0.2) is 0 Å². The summed E-state index contributed by atoms with van der Waals surface area (Å²) in [5.41, 5.74) is 0.686. The second-order valence-corrected chi connectivity index (χ2v) is 7.52. The summed E-state index contributed by atoms with van der Waals surface area (Å²) in [6.07, 6.45) is 1.76. The Labute approximate surface area is 123 Å². The summed E-state index contributed by atoms with van der Waals surface area (Å²) < 4.78 is 25.6. The minimum absolute atomic E-state index is 0.0807. The van der Waals surface area contributed by atoms with Crippen molar-refractivity contribution in [2.24, 2.45) is 0 Å². The van der Waals surface area contributed by atoms with E-state index in [1.54, 1.807) is 31.3 Å². The van der Waals surface area contributed by atoms with Crippen molar-refractivity contribution in [1.82, 2.24) is 9.21 Å². The van der Waals surface area contributed by atoms with E-state index < -0.39 is 21.8 Å². The number of carbonyl (C=O) groups is 2. The summed E-state index contributed by atoms with van der Waals surface area (Å²) in [4.78, 5) is 25.3. The molecule has 1 aliphatic heterocycles. The van der Waals surface area contributed by atoms with Gasteiger partial charge in [0.25, 0.3) is 11.8 Å². The normalized spacial score (nSPS) is 18.5. The molecular weight excluding hydrogens is 292 g/mol. The first-order chi connectivity index (χ1) is 9.92. The Hall–Kier alpha value is -1.73. The molecule has 3 rings (SSSR count). The van der Waals surface area contributed by atoms with Gasteiger partial charge in [-0.1, -0.05) is 12.1 Å². The Kier molecular flexibility index (Phi) is 3.33. The van der Waals surface area contributed by atoms with Gasteiger partial charge in [0, 0.05) is 19.6 Å². The summed E-state index contributed by atoms with van der Waals surface area (Å²) >= 11 is 0. The van der Waals surface area contributed by atoms with E-state index in [2.05, 4.69) is 0 Å². The van der Waals surface area contributed by atoms with Gasteiger partial charge < -0.3 is 0 Å². The number of carbonyl (C=O) groups excluding carboxylic acids is 2. The molecule has 1 heterocycles. The Morgan fingerprint density at radius 3 is 2.14 bits per heavy atom. The van der Waals surface area contributed by atoms with Crippen molar-refractivity contribution < 1.29 is 18.0 Å². The molecule has 2 amide bonds. The van der Waals surface area contributed by atoms with Gasteiger partial charge in [-0.05, 0) is 25.0 Å². The third-order valence-electron chi connectivity index (χ3n) is 3.95. The maximum absolute atomic E-state index is 12.1. The Morgan fingerprint density at radius 2 is 1.67 bits per heavy atom. The number of rotatable bonds is 5. The first-order valence-electron chi connectivity index (χ1n) is 6.83. The van der Waals surface area contributed by atoms with Crippen molar-refractivity contribution in [3.63, 3.8) is 0 Å². The molecule has 6 nitrogen and oxygen atoms in total. The van der Waals surface area contributed by atoms with E-state index in [-0.39, 0.29) is 18.3 Å². The minimum atomic E-state index is -3.43. The zero-order chi connectivity index (χ0) is 15.2. The fraction of sp³-hybridized carbons (Fsp3) is 0.429. The first kappa shape index (κ1) is 14.2. The third kappa shape index (κ3) is 2.47. The van der Waals surface area contributed by atoms with Crippen molar-refractivity contribution in [2.75, 3.05) is 19.3 Å². The van der Waals surface area contributed by atoms with Gasteiger partial charge in [0.05, 0.1) is 16.9 Å². The average molecular weight is 308 g/mol. The quantitative estimate of drug-likeness (QED) is 0.751. The molecule has 0 aromatic heterocycles. The molecule has 0 bridgehead atoms. The summed E-state index contributed by atoms with van der Waals surface area (Å²) in [6, 6.07) is 6.62. The molecular formula is C14H16N2O4S. The summed E-state index contributed by atoms with van der Waals surface area (Å²) in [7, 11) is -1.88. The summed E-state index contributed by atoms with van der Waals surface area (Å²) in [6.45, 7) is -0.105. The molecule has 0 radical (unpaired) electrons. The Balaban J connectivity index is 1.72. The fourth-order valence-corrected chi connectivity index (χ4v) is 3.82. The number of hydrogen-bond acceptors (Lipinski definition) is 4. The smallest absolute Gasteiger partial charge is 0.261 e. The highest BCUT2D eigenvalue weighted by Crippen LogP contribution is 2.28. The van der Waals surface area contributed by atoms with E-state index in [0.717, 1.165) is 17.7 Å². The van der Waals surface area contributed by atoms with Crippen LogP contribution in [0.5, 0.6) is 0 Å². The topological polar surface area (TPSA) is 74.8 Å². The lowest BCUT2D eigenvalue weighted by Gasteiger charge is -2.19. The molecule has 112 valence electrons. The highest BCUT2D eigenvalue weighted by atomic mass is 32.2. The van der Waals surface area contributed by atoms with Crippen LogP contribution in [0.1, 0.15) is 33.6 Å². The third-order valence-corrected chi connectivity index (χ3v) is 5.83. The lowest BCUT2D eigenvalue weighted by molar-refractivity contribution is 0.0664. The van der Waals surface area contributed by atoms with Crippen LogP contribution in [0.15, 0.2) is 24.3 Å². The Morgan fingerprint density at radius 1 is 1.14 bits per heavy atom. The lowest BCUT2D eigenvalue weighted by Crippen LogP contribution is -2.39. The molecule has 7 heteroatoms. The van der Waals surface area contributed by atoms with E-state index in [9.17, 15) is 18.0 Å². The van der Waals surface area contributed by atoms with Gasteiger partial charge in [0.1, 0.15) is 0 Å². The highest BCUT2D eigenvalue weighted by Gasteiger charge is 2.38. The maximum Gasteiger partial charge on any atom is 0.261 e. The largest absolute Gasteiger partial charge is 0.273 e. The average Bonchev–Trinajstić information content (AvgIpc) is 3.27. The number of hydrogen-bond donors (Lipinski definition) is 0. The predicted octanol–water partition coefficient (Wildman–Crippen LogP) is 0.707. The van der Waals surface area contributed by atoms with Gasteiger partial charge in [-0.2, -0.15) is 0 Å². The Bertz CT molecular complexity index is 674. The van der Waals surface area contributed by atoms with Gasteiger partial charge in [-0.25, -0.2) is 12.7 Å². The molecule has 2 aliphatic rings. The van der Waals surface area contributed by atoms with Crippen molar-refractivity contribution in [3.8, 4) is 0 Å². The number of amides is 2. The number of sulfonamides is 1. The highest BCUT2D eigenvalue weighted by molar-refractivity contribution is 7.89. The zero-order valence-electron chi connectivity index (χ0n) is 11.7. The number of fused-ring (bicyclic) bond motifs is 1. The van der Waals surface area contributed by atoms with Crippen molar-refractivity contribution in [2.45, 2.75) is 18.9 Å². The number of imide groups is 1. The molecule has 1 aromatic carbocycles. The molecule has 1 aliphatic carbocycles. The minimum Gasteiger partial charge on any atom is -0.273 e. The predicted molar refractivity (Wildman–Crippen MR) is 76.4 cm³/mol. The number of nitrogens with zero attached hydrogens (tertiary/aromatic N) is 2. The van der Waals surface area contributed by atoms with E-state index in [1.807, 2.05) is 0 Å². The van der Waals surface area contributed by atoms with E-state index in [1.165, 1.54) is 4.31 Å². The van der Waals surface area contributed by atoms with E-state index in [0.29, 0.717) is 11.1 Å². The zero-order valence-corrected chi connectivity index (χ0v) is 12.5. The van der Waals surface area contributed by atoms with Crippen LogP contribution >= 0.6 is 0 Å². The molecule has 1 aromatic rings. The standard InChI is InChI=1S/C14H16N2O4S/c1-15(10-6-7-10)21(19,20)9-8-16-13(17)11-4-2-3-5-12(11)14(16)18/h2-5,10H,6-9H2,1H3. The molecule has 0 atom stereocenters. The molecule has 1 saturated carbocycles. The van der Waals surface area contributed by atoms with Gasteiger partial charge in [0.2, 0.25) is 10.0 Å². The van der Waals surface area contributed by atoms with E-state index >= 15 is 0 Å². The van der Waals surface area contributed by atoms with Crippen LogP contribution in [0.2, 0.25) is 0 Å². The monoisotopic (exact) mass is 308 g/mol. The van der Waals surface area contributed by atoms with Crippen molar-refractivity contribution in [3.05, 3.63) is 35.4 Å². The molecule has 1 fully saturated rings. The van der Waals surface area contributed by atoms with Crippen molar-refractivity contribution >= 4 is 21.8 Å². The van der Waals surface area contributed by atoms with Crippen LogP contribution in [0, 0.1) is 0 Å². The van der Waals surface area contributed by atoms with Gasteiger partial charge in [-0.3, -0.25) is 14.5 Å². The fourth-order valence-electron chi connectivity index (χ4n) is 2.46. The molecule has 0 N–H and O–H groups in total. The van der Waals surface area contributed by atoms with Crippen LogP contribution in [-0.4, -0.2) is 54.8 Å². The van der Waals surface area contributed by atoms with Gasteiger partial charge >= 0.3 is 0 Å². The van der Waals surface area contributed by atoms with Crippen LogP contribution in [0.25, 0.3) is 0 Å². The van der Waals surface area contributed by atoms with Crippen LogP contribution in [0.3, 0.4) is 0 Å². The van der Waals surface area contributed by atoms with Crippen LogP contribution in [0.4, 0.5) is 0 Å². The second-order valence-electron chi connectivity index (χ2n) is 5.37. The van der Waals surface area contributed by atoms with Crippen LogP contribution < -0.4 is 0 Å². The van der Waals surface area contributed by atoms with Crippen molar-refractivity contribution in [1.29, 1.82) is 0 Å². The maximum atomic E-state index is 12.1.